The predicted octanol–water partition coefficient (Wildman–Crippen LogP) is 4.03. The van der Waals surface area contributed by atoms with Gasteiger partial charge >= 0.3 is 5.97 Å². The van der Waals surface area contributed by atoms with Crippen LogP contribution < -0.4 is 0 Å². The molecule has 4 nitrogen and oxygen atoms in total. The second kappa shape index (κ2) is 7.07. The minimum absolute atomic E-state index is 0.281. The summed E-state index contributed by atoms with van der Waals surface area (Å²) in [7, 11) is 0. The topological polar surface area (TPSA) is 63.1 Å². The molecule has 1 aromatic rings. The normalized spacial score (nSPS) is 16.3. The first-order valence-corrected chi connectivity index (χ1v) is 8.36. The minimum Gasteiger partial charge on any atom is -0.478 e. The zero-order valence-electron chi connectivity index (χ0n) is 12.2. The molecular weight excluding hydrogens is 272 g/mol. The number of carboxylic acids is 1. The number of hydrogen-bond donors (Lipinski definition) is 1. The number of carbonyl (C=O) groups is 1. The number of hydrogen-bond acceptors (Lipinski definition) is 4. The molecule has 0 aliphatic heterocycles. The fourth-order valence-electron chi connectivity index (χ4n) is 2.66. The predicted molar refractivity (Wildman–Crippen MR) is 80.6 cm³/mol. The summed E-state index contributed by atoms with van der Waals surface area (Å²) in [5.41, 5.74) is 0.884. The molecule has 2 rings (SSSR count). The molecule has 5 heteroatoms. The summed E-state index contributed by atoms with van der Waals surface area (Å²) < 4.78 is 0. The van der Waals surface area contributed by atoms with Crippen molar-refractivity contribution in [2.45, 2.75) is 63.3 Å². The molecule has 0 amide bonds. The van der Waals surface area contributed by atoms with Crippen LogP contribution in [0.25, 0.3) is 0 Å². The highest BCUT2D eigenvalue weighted by atomic mass is 32.2. The third-order valence-electron chi connectivity index (χ3n) is 3.70. The molecule has 0 radical (unpaired) electrons. The zero-order valence-corrected chi connectivity index (χ0v) is 13.0. The summed E-state index contributed by atoms with van der Waals surface area (Å²) in [6, 6.07) is 0. The lowest BCUT2D eigenvalue weighted by Crippen LogP contribution is -2.14. The van der Waals surface area contributed by atoms with E-state index in [0.29, 0.717) is 16.6 Å². The van der Waals surface area contributed by atoms with Gasteiger partial charge in [0, 0.05) is 5.92 Å². The molecule has 1 aromatic heterocycles. The molecule has 0 atom stereocenters. The van der Waals surface area contributed by atoms with E-state index in [1.54, 1.807) is 6.92 Å². The van der Waals surface area contributed by atoms with Crippen LogP contribution >= 0.6 is 11.8 Å². The van der Waals surface area contributed by atoms with Gasteiger partial charge in [-0.15, -0.1) is 11.8 Å². The lowest BCUT2D eigenvalue weighted by Gasteiger charge is -2.21. The Balaban J connectivity index is 2.34. The number of aryl methyl sites for hydroxylation is 1. The van der Waals surface area contributed by atoms with Crippen LogP contribution in [0.1, 0.15) is 73.2 Å². The van der Waals surface area contributed by atoms with Crippen LogP contribution in [0.3, 0.4) is 0 Å². The Morgan fingerprint density at radius 1 is 1.30 bits per heavy atom. The average molecular weight is 294 g/mol. The van der Waals surface area contributed by atoms with E-state index in [-0.39, 0.29) is 5.56 Å². The van der Waals surface area contributed by atoms with Gasteiger partial charge in [-0.25, -0.2) is 14.8 Å². The Bertz CT molecular complexity index is 485. The van der Waals surface area contributed by atoms with Crippen molar-refractivity contribution < 1.29 is 9.90 Å². The molecule has 0 saturated heterocycles. The molecule has 1 aliphatic carbocycles. The summed E-state index contributed by atoms with van der Waals surface area (Å²) in [6.45, 7) is 3.87. The van der Waals surface area contributed by atoms with E-state index in [4.69, 9.17) is 0 Å². The maximum Gasteiger partial charge on any atom is 0.340 e. The van der Waals surface area contributed by atoms with Gasteiger partial charge in [0.1, 0.15) is 16.4 Å². The Morgan fingerprint density at radius 2 is 2.00 bits per heavy atom. The van der Waals surface area contributed by atoms with E-state index in [2.05, 4.69) is 16.9 Å². The number of aromatic nitrogens is 2. The average Bonchev–Trinajstić information content (AvgIpc) is 2.45. The van der Waals surface area contributed by atoms with E-state index in [1.807, 2.05) is 0 Å². The second-order valence-electron chi connectivity index (χ2n) is 5.34. The van der Waals surface area contributed by atoms with Crippen LogP contribution in [0.4, 0.5) is 0 Å². The molecule has 0 bridgehead atoms. The molecule has 1 aliphatic rings. The van der Waals surface area contributed by atoms with Crippen molar-refractivity contribution in [2.24, 2.45) is 0 Å². The molecule has 20 heavy (non-hydrogen) atoms. The van der Waals surface area contributed by atoms with Crippen molar-refractivity contribution in [2.75, 3.05) is 5.75 Å². The molecule has 0 unspecified atom stereocenters. The Labute approximate surface area is 124 Å². The Morgan fingerprint density at radius 3 is 2.60 bits per heavy atom. The minimum atomic E-state index is -0.920. The van der Waals surface area contributed by atoms with Gasteiger partial charge in [0.2, 0.25) is 0 Å². The highest BCUT2D eigenvalue weighted by Gasteiger charge is 2.23. The Hall–Kier alpha value is -1.10. The second-order valence-corrected chi connectivity index (χ2v) is 6.42. The summed E-state index contributed by atoms with van der Waals surface area (Å²) in [5.74, 6) is 1.23. The molecule has 1 saturated carbocycles. The van der Waals surface area contributed by atoms with Gasteiger partial charge in [0.05, 0.1) is 5.69 Å². The standard InChI is InChI=1S/C15H22N2O2S/c1-3-9-20-14-12(15(18)19)10(2)16-13(17-14)11-7-5-4-6-8-11/h11H,3-9H2,1-2H3,(H,18,19). The van der Waals surface area contributed by atoms with Crippen LogP contribution in [0.5, 0.6) is 0 Å². The van der Waals surface area contributed by atoms with E-state index in [0.717, 1.165) is 30.8 Å². The van der Waals surface area contributed by atoms with Crippen molar-refractivity contribution in [1.82, 2.24) is 9.97 Å². The van der Waals surface area contributed by atoms with Crippen molar-refractivity contribution in [3.8, 4) is 0 Å². The van der Waals surface area contributed by atoms with Crippen molar-refractivity contribution in [3.63, 3.8) is 0 Å². The first-order valence-electron chi connectivity index (χ1n) is 7.38. The highest BCUT2D eigenvalue weighted by molar-refractivity contribution is 7.99. The molecule has 0 aromatic carbocycles. The molecule has 1 heterocycles. The van der Waals surface area contributed by atoms with Gasteiger partial charge in [0.15, 0.2) is 0 Å². The summed E-state index contributed by atoms with van der Waals surface area (Å²) in [4.78, 5) is 20.5. The van der Waals surface area contributed by atoms with Crippen LogP contribution in [0.2, 0.25) is 0 Å². The van der Waals surface area contributed by atoms with Crippen molar-refractivity contribution in [3.05, 3.63) is 17.1 Å². The third-order valence-corrected chi connectivity index (χ3v) is 4.88. The van der Waals surface area contributed by atoms with E-state index in [1.165, 1.54) is 31.0 Å². The largest absolute Gasteiger partial charge is 0.478 e. The fourth-order valence-corrected chi connectivity index (χ4v) is 3.60. The summed E-state index contributed by atoms with van der Waals surface area (Å²) in [5, 5.41) is 10.00. The number of nitrogens with zero attached hydrogens (tertiary/aromatic N) is 2. The fraction of sp³-hybridized carbons (Fsp3) is 0.667. The van der Waals surface area contributed by atoms with Crippen LogP contribution in [-0.2, 0) is 0 Å². The Kier molecular flexibility index (Phi) is 5.40. The number of aromatic carboxylic acids is 1. The van der Waals surface area contributed by atoms with E-state index >= 15 is 0 Å². The number of thioether (sulfide) groups is 1. The maximum absolute atomic E-state index is 11.4. The summed E-state index contributed by atoms with van der Waals surface area (Å²) in [6.07, 6.45) is 7.01. The maximum atomic E-state index is 11.4. The van der Waals surface area contributed by atoms with Gasteiger partial charge in [-0.2, -0.15) is 0 Å². The van der Waals surface area contributed by atoms with Crippen molar-refractivity contribution in [1.29, 1.82) is 0 Å². The van der Waals surface area contributed by atoms with Crippen molar-refractivity contribution >= 4 is 17.7 Å². The molecule has 1 fully saturated rings. The van der Waals surface area contributed by atoms with Gasteiger partial charge in [-0.3, -0.25) is 0 Å². The quantitative estimate of drug-likeness (QED) is 0.656. The van der Waals surface area contributed by atoms with Crippen LogP contribution in [0.15, 0.2) is 5.03 Å². The van der Waals surface area contributed by atoms with Gasteiger partial charge in [-0.1, -0.05) is 26.2 Å². The third kappa shape index (κ3) is 3.51. The van der Waals surface area contributed by atoms with Gasteiger partial charge in [-0.05, 0) is 31.9 Å². The van der Waals surface area contributed by atoms with E-state index < -0.39 is 5.97 Å². The van der Waals surface area contributed by atoms with Crippen LogP contribution in [0, 0.1) is 6.92 Å². The molecular formula is C15H22N2O2S. The monoisotopic (exact) mass is 294 g/mol. The molecule has 1 N–H and O–H groups in total. The first kappa shape index (κ1) is 15.3. The first-order chi connectivity index (χ1) is 9.63. The lowest BCUT2D eigenvalue weighted by molar-refractivity contribution is 0.0690. The summed E-state index contributed by atoms with van der Waals surface area (Å²) >= 11 is 1.54. The lowest BCUT2D eigenvalue weighted by atomic mass is 9.88. The van der Waals surface area contributed by atoms with Crippen LogP contribution in [-0.4, -0.2) is 26.8 Å². The molecule has 0 spiro atoms. The highest BCUT2D eigenvalue weighted by Crippen LogP contribution is 2.33. The number of rotatable bonds is 5. The smallest absolute Gasteiger partial charge is 0.340 e. The zero-order chi connectivity index (χ0) is 14.5. The number of carboxylic acid groups (broad SMARTS) is 1. The van der Waals surface area contributed by atoms with Gasteiger partial charge < -0.3 is 5.11 Å². The SMILES string of the molecule is CCCSc1nc(C2CCCCC2)nc(C)c1C(=O)O. The van der Waals surface area contributed by atoms with E-state index in [9.17, 15) is 9.90 Å². The van der Waals surface area contributed by atoms with Gasteiger partial charge in [0.25, 0.3) is 0 Å². The molecule has 110 valence electrons.